The number of nitrogens with two attached hydrogens (primary N) is 1. The molecule has 138 valence electrons. The van der Waals surface area contributed by atoms with E-state index in [9.17, 15) is 4.79 Å². The highest BCUT2D eigenvalue weighted by molar-refractivity contribution is 14.0. The second-order valence-electron chi connectivity index (χ2n) is 6.52. The summed E-state index contributed by atoms with van der Waals surface area (Å²) in [6, 6.07) is 16.0. The van der Waals surface area contributed by atoms with Crippen LogP contribution in [0.4, 0.5) is 11.4 Å². The van der Waals surface area contributed by atoms with Gasteiger partial charge < -0.3 is 16.0 Å². The Morgan fingerprint density at radius 1 is 1.23 bits per heavy atom. The maximum Gasteiger partial charge on any atom is 0.231 e. The van der Waals surface area contributed by atoms with E-state index in [1.54, 1.807) is 4.90 Å². The van der Waals surface area contributed by atoms with E-state index in [0.717, 1.165) is 16.9 Å². The molecule has 26 heavy (non-hydrogen) atoms. The zero-order valence-corrected chi connectivity index (χ0v) is 17.4. The number of benzene rings is 2. The number of aliphatic imine (C=N–C) groups is 1. The predicted octanol–water partition coefficient (Wildman–Crippen LogP) is 3.74. The van der Waals surface area contributed by atoms with Gasteiger partial charge in [0.25, 0.3) is 0 Å². The van der Waals surface area contributed by atoms with Crippen LogP contribution in [-0.2, 0) is 11.2 Å². The molecule has 5 nitrogen and oxygen atoms in total. The van der Waals surface area contributed by atoms with Crippen molar-refractivity contribution in [2.24, 2.45) is 10.7 Å². The number of hydrogen-bond acceptors (Lipinski definition) is 2. The number of guanidine groups is 1. The van der Waals surface area contributed by atoms with Gasteiger partial charge >= 0.3 is 0 Å². The van der Waals surface area contributed by atoms with Gasteiger partial charge in [-0.3, -0.25) is 9.79 Å². The minimum atomic E-state index is 0. The highest BCUT2D eigenvalue weighted by Crippen LogP contribution is 2.27. The lowest BCUT2D eigenvalue weighted by atomic mass is 10.0. The third-order valence-electron chi connectivity index (χ3n) is 4.36. The van der Waals surface area contributed by atoms with Crippen LogP contribution >= 0.6 is 24.0 Å². The van der Waals surface area contributed by atoms with Crippen LogP contribution in [0.15, 0.2) is 53.5 Å². The van der Waals surface area contributed by atoms with Gasteiger partial charge in [0.05, 0.1) is 13.0 Å². The Hall–Kier alpha value is -2.09. The lowest BCUT2D eigenvalue weighted by Crippen LogP contribution is -2.31. The fraction of sp³-hybridized carbons (Fsp3) is 0.300. The summed E-state index contributed by atoms with van der Waals surface area (Å²) in [6.07, 6.45) is 0.468. The van der Waals surface area contributed by atoms with E-state index < -0.39 is 0 Å². The second-order valence-corrected chi connectivity index (χ2v) is 6.52. The first-order chi connectivity index (χ1) is 12.0. The first kappa shape index (κ1) is 20.2. The summed E-state index contributed by atoms with van der Waals surface area (Å²) in [7, 11) is 0. The smallest absolute Gasteiger partial charge is 0.231 e. The van der Waals surface area contributed by atoms with Gasteiger partial charge in [-0.1, -0.05) is 44.2 Å². The number of carbonyl (C=O) groups excluding carboxylic acids is 1. The van der Waals surface area contributed by atoms with E-state index in [-0.39, 0.29) is 29.9 Å². The number of halogens is 1. The molecule has 0 saturated heterocycles. The molecule has 2 aromatic rings. The summed E-state index contributed by atoms with van der Waals surface area (Å²) in [5.74, 6) is 0.939. The van der Waals surface area contributed by atoms with Gasteiger partial charge in [-0.05, 0) is 35.2 Å². The van der Waals surface area contributed by atoms with Crippen LogP contribution in [0.2, 0.25) is 0 Å². The van der Waals surface area contributed by atoms with Gasteiger partial charge in [0.15, 0.2) is 5.96 Å². The largest absolute Gasteiger partial charge is 0.370 e. The molecule has 0 unspecified atom stereocenters. The van der Waals surface area contributed by atoms with E-state index in [0.29, 0.717) is 31.4 Å². The fourth-order valence-electron chi connectivity index (χ4n) is 2.99. The fourth-order valence-corrected chi connectivity index (χ4v) is 2.99. The summed E-state index contributed by atoms with van der Waals surface area (Å²) in [4.78, 5) is 18.3. The quantitative estimate of drug-likeness (QED) is 0.403. The Kier molecular flexibility index (Phi) is 7.02. The van der Waals surface area contributed by atoms with Crippen molar-refractivity contribution in [3.05, 3.63) is 59.7 Å². The molecule has 0 aliphatic carbocycles. The SMILES string of the molecule is CC(C)c1cccc(NC(N)=NCCN2C(=O)Cc3ccccc32)c1.I. The van der Waals surface area contributed by atoms with Crippen LogP contribution in [0, 0.1) is 0 Å². The van der Waals surface area contributed by atoms with Crippen molar-refractivity contribution in [1.29, 1.82) is 0 Å². The van der Waals surface area contributed by atoms with Gasteiger partial charge in [0, 0.05) is 17.9 Å². The molecule has 0 aromatic heterocycles. The van der Waals surface area contributed by atoms with Gasteiger partial charge in [-0.2, -0.15) is 0 Å². The van der Waals surface area contributed by atoms with Crippen LogP contribution in [-0.4, -0.2) is 25.0 Å². The van der Waals surface area contributed by atoms with Crippen molar-refractivity contribution in [2.45, 2.75) is 26.2 Å². The third-order valence-corrected chi connectivity index (χ3v) is 4.36. The number of amides is 1. The molecule has 0 spiro atoms. The van der Waals surface area contributed by atoms with Crippen LogP contribution in [0.3, 0.4) is 0 Å². The van der Waals surface area contributed by atoms with Crippen molar-refractivity contribution in [3.8, 4) is 0 Å². The molecular formula is C20H25IN4O. The topological polar surface area (TPSA) is 70.7 Å². The number of nitrogens with one attached hydrogen (secondary N) is 1. The third kappa shape index (κ3) is 4.75. The normalized spacial score (nSPS) is 13.6. The standard InChI is InChI=1S/C20H24N4O.HI/c1-14(2)15-7-5-8-17(12-15)23-20(21)22-10-11-24-18-9-4-3-6-16(18)13-19(24)25;/h3-9,12,14H,10-11,13H2,1-2H3,(H3,21,22,23);1H. The molecule has 0 bridgehead atoms. The minimum absolute atomic E-state index is 0. The van der Waals surface area contributed by atoms with Crippen molar-refractivity contribution < 1.29 is 4.79 Å². The minimum Gasteiger partial charge on any atom is -0.370 e. The van der Waals surface area contributed by atoms with Gasteiger partial charge in [-0.25, -0.2) is 0 Å². The van der Waals surface area contributed by atoms with Crippen LogP contribution in [0.5, 0.6) is 0 Å². The highest BCUT2D eigenvalue weighted by atomic mass is 127. The molecule has 3 N–H and O–H groups in total. The number of fused-ring (bicyclic) bond motifs is 1. The molecule has 0 fully saturated rings. The lowest BCUT2D eigenvalue weighted by molar-refractivity contribution is -0.117. The first-order valence-electron chi connectivity index (χ1n) is 8.60. The Morgan fingerprint density at radius 2 is 2.00 bits per heavy atom. The zero-order chi connectivity index (χ0) is 17.8. The molecule has 0 radical (unpaired) electrons. The Balaban J connectivity index is 0.00000243. The lowest BCUT2D eigenvalue weighted by Gasteiger charge is -2.16. The molecular weight excluding hydrogens is 439 g/mol. The highest BCUT2D eigenvalue weighted by Gasteiger charge is 2.25. The summed E-state index contributed by atoms with van der Waals surface area (Å²) in [5.41, 5.74) is 10.2. The van der Waals surface area contributed by atoms with Crippen LogP contribution in [0.25, 0.3) is 0 Å². The van der Waals surface area contributed by atoms with Crippen molar-refractivity contribution in [3.63, 3.8) is 0 Å². The molecule has 1 heterocycles. The van der Waals surface area contributed by atoms with E-state index in [2.05, 4.69) is 36.3 Å². The Labute approximate surface area is 171 Å². The molecule has 0 saturated carbocycles. The summed E-state index contributed by atoms with van der Waals surface area (Å²) in [5, 5.41) is 3.12. The molecule has 6 heteroatoms. The number of nitrogens with zero attached hydrogens (tertiary/aromatic N) is 2. The molecule has 1 aliphatic rings. The van der Waals surface area contributed by atoms with Gasteiger partial charge in [0.1, 0.15) is 0 Å². The summed E-state index contributed by atoms with van der Waals surface area (Å²) < 4.78 is 0. The van der Waals surface area contributed by atoms with E-state index in [1.165, 1.54) is 5.56 Å². The van der Waals surface area contributed by atoms with E-state index >= 15 is 0 Å². The van der Waals surface area contributed by atoms with Crippen LogP contribution < -0.4 is 16.0 Å². The van der Waals surface area contributed by atoms with Gasteiger partial charge in [0.2, 0.25) is 5.91 Å². The van der Waals surface area contributed by atoms with Crippen molar-refractivity contribution in [2.75, 3.05) is 23.3 Å². The monoisotopic (exact) mass is 464 g/mol. The number of carbonyl (C=O) groups is 1. The molecule has 1 aliphatic heterocycles. The molecule has 1 amide bonds. The maximum atomic E-state index is 12.1. The number of rotatable bonds is 5. The first-order valence-corrected chi connectivity index (χ1v) is 8.60. The number of anilines is 2. The van der Waals surface area contributed by atoms with E-state index in [1.807, 2.05) is 36.4 Å². The number of para-hydroxylation sites is 1. The van der Waals surface area contributed by atoms with Gasteiger partial charge in [-0.15, -0.1) is 24.0 Å². The average molecular weight is 464 g/mol. The zero-order valence-electron chi connectivity index (χ0n) is 15.1. The Morgan fingerprint density at radius 3 is 2.77 bits per heavy atom. The average Bonchev–Trinajstić information content (AvgIpc) is 2.91. The van der Waals surface area contributed by atoms with Crippen LogP contribution in [0.1, 0.15) is 30.9 Å². The van der Waals surface area contributed by atoms with Crippen molar-refractivity contribution >= 4 is 47.2 Å². The predicted molar refractivity (Wildman–Crippen MR) is 119 cm³/mol. The van der Waals surface area contributed by atoms with E-state index in [4.69, 9.17) is 5.73 Å². The summed E-state index contributed by atoms with van der Waals surface area (Å²) in [6.45, 7) is 5.30. The molecule has 0 atom stereocenters. The van der Waals surface area contributed by atoms with Crippen molar-refractivity contribution in [1.82, 2.24) is 0 Å². The Bertz CT molecular complexity index is 804. The molecule has 3 rings (SSSR count). The maximum absolute atomic E-state index is 12.1. The molecule has 2 aromatic carbocycles. The second kappa shape index (κ2) is 9.02. The summed E-state index contributed by atoms with van der Waals surface area (Å²) >= 11 is 0. The number of hydrogen-bond donors (Lipinski definition) is 2.